The fraction of sp³-hybridized carbons (Fsp3) is 0.391. The molecule has 7 nitrogen and oxygen atoms in total. The van der Waals surface area contributed by atoms with Crippen LogP contribution in [0.25, 0.3) is 11.0 Å². The molecule has 2 amide bonds. The summed E-state index contributed by atoms with van der Waals surface area (Å²) in [6, 6.07) is 11.5. The molecule has 1 N–H and O–H groups in total. The number of fused-ring (bicyclic) bond motifs is 1. The van der Waals surface area contributed by atoms with Crippen LogP contribution < -0.4 is 5.32 Å². The summed E-state index contributed by atoms with van der Waals surface area (Å²) in [5.74, 6) is -0.0653. The minimum atomic E-state index is -0.0818. The van der Waals surface area contributed by atoms with Gasteiger partial charge in [-0.3, -0.25) is 9.59 Å². The lowest BCUT2D eigenvalue weighted by Crippen LogP contribution is -2.41. The topological polar surface area (TPSA) is 80.1 Å². The largest absolute Gasteiger partial charge is 0.339 e. The number of aryl methyl sites for hydroxylation is 3. The van der Waals surface area contributed by atoms with E-state index in [9.17, 15) is 9.59 Å². The second-order valence-electron chi connectivity index (χ2n) is 7.98. The van der Waals surface area contributed by atoms with Gasteiger partial charge in [-0.1, -0.05) is 22.9 Å². The molecular formula is C23H27N5O2. The molecule has 1 aliphatic heterocycles. The molecular weight excluding hydrogens is 378 g/mol. The van der Waals surface area contributed by atoms with Gasteiger partial charge in [0.05, 0.1) is 5.52 Å². The highest BCUT2D eigenvalue weighted by Crippen LogP contribution is 2.23. The van der Waals surface area contributed by atoms with Crippen LogP contribution in [0.4, 0.5) is 5.69 Å². The van der Waals surface area contributed by atoms with Crippen LogP contribution in [0.5, 0.6) is 0 Å². The summed E-state index contributed by atoms with van der Waals surface area (Å²) in [6.45, 7) is 7.93. The van der Waals surface area contributed by atoms with E-state index in [1.54, 1.807) is 6.07 Å². The van der Waals surface area contributed by atoms with E-state index >= 15 is 0 Å². The lowest BCUT2D eigenvalue weighted by molar-refractivity contribution is -0.121. The maximum atomic E-state index is 12.9. The molecule has 4 rings (SSSR count). The molecule has 0 aliphatic carbocycles. The van der Waals surface area contributed by atoms with Crippen LogP contribution in [0.2, 0.25) is 0 Å². The second kappa shape index (κ2) is 8.26. The van der Waals surface area contributed by atoms with Crippen LogP contribution in [-0.4, -0.2) is 44.8 Å². The molecule has 30 heavy (non-hydrogen) atoms. The summed E-state index contributed by atoms with van der Waals surface area (Å²) in [4.78, 5) is 27.5. The Morgan fingerprint density at radius 1 is 1.10 bits per heavy atom. The SMILES string of the molecule is CCn1nnc2cc(C(=O)N3CCC(C(=O)Nc4ccc(C)cc4C)CC3)ccc21. The Balaban J connectivity index is 1.38. The Morgan fingerprint density at radius 2 is 1.87 bits per heavy atom. The van der Waals surface area contributed by atoms with Gasteiger partial charge in [-0.2, -0.15) is 0 Å². The monoisotopic (exact) mass is 405 g/mol. The van der Waals surface area contributed by atoms with Crippen LogP contribution in [0.1, 0.15) is 41.3 Å². The van der Waals surface area contributed by atoms with E-state index in [0.29, 0.717) is 31.5 Å². The number of carbonyl (C=O) groups excluding carboxylic acids is 2. The Morgan fingerprint density at radius 3 is 2.57 bits per heavy atom. The first kappa shape index (κ1) is 20.1. The van der Waals surface area contributed by atoms with Crippen LogP contribution in [0.3, 0.4) is 0 Å². The number of benzene rings is 2. The molecule has 7 heteroatoms. The number of aromatic nitrogens is 3. The van der Waals surface area contributed by atoms with Crippen molar-refractivity contribution in [1.29, 1.82) is 0 Å². The highest BCUT2D eigenvalue weighted by atomic mass is 16.2. The van der Waals surface area contributed by atoms with E-state index in [4.69, 9.17) is 0 Å². The van der Waals surface area contributed by atoms with E-state index in [1.165, 1.54) is 5.56 Å². The van der Waals surface area contributed by atoms with E-state index in [2.05, 4.69) is 21.7 Å². The molecule has 2 aromatic carbocycles. The van der Waals surface area contributed by atoms with Crippen LogP contribution in [0, 0.1) is 19.8 Å². The third kappa shape index (κ3) is 3.92. The smallest absolute Gasteiger partial charge is 0.253 e. The standard InChI is InChI=1S/C23H27N5O2/c1-4-28-21-8-6-18(14-20(21)25-26-28)23(30)27-11-9-17(10-12-27)22(29)24-19-7-5-15(2)13-16(19)3/h5-8,13-14,17H,4,9-12H2,1-3H3,(H,24,29). The van der Waals surface area contributed by atoms with Gasteiger partial charge in [0, 0.05) is 36.8 Å². The Kier molecular flexibility index (Phi) is 5.53. The molecule has 1 aromatic heterocycles. The van der Waals surface area contributed by atoms with E-state index in [0.717, 1.165) is 28.8 Å². The predicted molar refractivity (Wildman–Crippen MR) is 116 cm³/mol. The predicted octanol–water partition coefficient (Wildman–Crippen LogP) is 3.56. The molecule has 156 valence electrons. The lowest BCUT2D eigenvalue weighted by atomic mass is 9.95. The van der Waals surface area contributed by atoms with Crippen molar-refractivity contribution < 1.29 is 9.59 Å². The fourth-order valence-electron chi connectivity index (χ4n) is 4.05. The number of hydrogen-bond acceptors (Lipinski definition) is 4. The van der Waals surface area contributed by atoms with Gasteiger partial charge < -0.3 is 10.2 Å². The van der Waals surface area contributed by atoms with Crippen molar-refractivity contribution in [1.82, 2.24) is 19.9 Å². The van der Waals surface area contributed by atoms with Gasteiger partial charge in [0.15, 0.2) is 0 Å². The number of nitrogens with one attached hydrogen (secondary N) is 1. The number of anilines is 1. The van der Waals surface area contributed by atoms with Crippen molar-refractivity contribution in [3.63, 3.8) is 0 Å². The summed E-state index contributed by atoms with van der Waals surface area (Å²) in [5.41, 5.74) is 5.36. The molecule has 0 radical (unpaired) electrons. The number of rotatable bonds is 4. The summed E-state index contributed by atoms with van der Waals surface area (Å²) < 4.78 is 1.81. The van der Waals surface area contributed by atoms with Gasteiger partial charge >= 0.3 is 0 Å². The average molecular weight is 406 g/mol. The van der Waals surface area contributed by atoms with Crippen molar-refractivity contribution in [2.45, 2.75) is 40.2 Å². The van der Waals surface area contributed by atoms with Crippen molar-refractivity contribution in [2.75, 3.05) is 18.4 Å². The number of hydrogen-bond donors (Lipinski definition) is 1. The quantitative estimate of drug-likeness (QED) is 0.720. The first-order valence-electron chi connectivity index (χ1n) is 10.5. The van der Waals surface area contributed by atoms with Gasteiger partial charge in [0.1, 0.15) is 5.52 Å². The Labute approximate surface area is 176 Å². The van der Waals surface area contributed by atoms with Gasteiger partial charge in [-0.25, -0.2) is 4.68 Å². The van der Waals surface area contributed by atoms with E-state index < -0.39 is 0 Å². The lowest BCUT2D eigenvalue weighted by Gasteiger charge is -2.31. The normalized spacial score (nSPS) is 14.8. The summed E-state index contributed by atoms with van der Waals surface area (Å²) in [5, 5.41) is 11.3. The zero-order chi connectivity index (χ0) is 21.3. The molecule has 1 saturated heterocycles. The Bertz CT molecular complexity index is 1100. The maximum absolute atomic E-state index is 12.9. The average Bonchev–Trinajstić information content (AvgIpc) is 3.17. The van der Waals surface area contributed by atoms with E-state index in [1.807, 2.05) is 54.6 Å². The molecule has 0 spiro atoms. The molecule has 0 bridgehead atoms. The van der Waals surface area contributed by atoms with Gasteiger partial charge in [-0.05, 0) is 63.4 Å². The highest BCUT2D eigenvalue weighted by Gasteiger charge is 2.28. The van der Waals surface area contributed by atoms with Crippen LogP contribution in [-0.2, 0) is 11.3 Å². The fourth-order valence-corrected chi connectivity index (χ4v) is 4.05. The third-order valence-corrected chi connectivity index (χ3v) is 5.85. The zero-order valence-electron chi connectivity index (χ0n) is 17.7. The highest BCUT2D eigenvalue weighted by molar-refractivity contribution is 5.98. The number of likely N-dealkylation sites (tertiary alicyclic amines) is 1. The number of nitrogens with zero attached hydrogens (tertiary/aromatic N) is 4. The van der Waals surface area contributed by atoms with Crippen LogP contribution >= 0.6 is 0 Å². The number of piperidine rings is 1. The molecule has 0 saturated carbocycles. The summed E-state index contributed by atoms with van der Waals surface area (Å²) >= 11 is 0. The second-order valence-corrected chi connectivity index (χ2v) is 7.98. The molecule has 3 aromatic rings. The minimum Gasteiger partial charge on any atom is -0.339 e. The summed E-state index contributed by atoms with van der Waals surface area (Å²) in [6.07, 6.45) is 1.33. The van der Waals surface area contributed by atoms with Crippen molar-refractivity contribution in [3.05, 3.63) is 53.1 Å². The first-order chi connectivity index (χ1) is 14.5. The van der Waals surface area contributed by atoms with Crippen molar-refractivity contribution >= 4 is 28.5 Å². The molecule has 1 fully saturated rings. The zero-order valence-corrected chi connectivity index (χ0v) is 17.7. The van der Waals surface area contributed by atoms with Crippen molar-refractivity contribution in [3.8, 4) is 0 Å². The molecule has 1 aliphatic rings. The summed E-state index contributed by atoms with van der Waals surface area (Å²) in [7, 11) is 0. The van der Waals surface area contributed by atoms with Gasteiger partial charge in [0.2, 0.25) is 5.91 Å². The van der Waals surface area contributed by atoms with Crippen LogP contribution in [0.15, 0.2) is 36.4 Å². The van der Waals surface area contributed by atoms with E-state index in [-0.39, 0.29) is 17.7 Å². The first-order valence-corrected chi connectivity index (χ1v) is 10.5. The minimum absolute atomic E-state index is 0.0174. The third-order valence-electron chi connectivity index (χ3n) is 5.85. The van der Waals surface area contributed by atoms with Gasteiger partial charge in [-0.15, -0.1) is 5.10 Å². The Hall–Kier alpha value is -3.22. The van der Waals surface area contributed by atoms with Gasteiger partial charge in [0.25, 0.3) is 5.91 Å². The van der Waals surface area contributed by atoms with Crippen molar-refractivity contribution in [2.24, 2.45) is 5.92 Å². The maximum Gasteiger partial charge on any atom is 0.253 e. The molecule has 0 atom stereocenters. The molecule has 0 unspecified atom stereocenters. The molecule has 2 heterocycles. The number of carbonyl (C=O) groups is 2. The number of amides is 2.